The first kappa shape index (κ1) is 22.0. The van der Waals surface area contributed by atoms with Gasteiger partial charge in [-0.25, -0.2) is 0 Å². The average Bonchev–Trinajstić information content (AvgIpc) is 3.16. The fraction of sp³-hybridized carbons (Fsp3) is 1.00. The highest BCUT2D eigenvalue weighted by atomic mass is 14.9. The maximum absolute atomic E-state index is 3.58. The number of hydrogen-bond donors (Lipinski definition) is 2. The Morgan fingerprint density at radius 1 is 1.08 bits per heavy atom. The maximum Gasteiger partial charge on any atom is 0.00440 e. The minimum absolute atomic E-state index is 0.614. The van der Waals surface area contributed by atoms with Crippen LogP contribution in [0.4, 0.5) is 0 Å². The van der Waals surface area contributed by atoms with Gasteiger partial charge in [0.15, 0.2) is 0 Å². The van der Waals surface area contributed by atoms with E-state index in [-0.39, 0.29) is 0 Å². The zero-order valence-electron chi connectivity index (χ0n) is 17.8. The predicted octanol–water partition coefficient (Wildman–Crippen LogP) is 5.62. The Kier molecular flexibility index (Phi) is 9.30. The Labute approximate surface area is 152 Å². The zero-order valence-corrected chi connectivity index (χ0v) is 17.8. The number of rotatable bonds is 4. The molecule has 1 spiro atoms. The molecule has 0 radical (unpaired) electrons. The van der Waals surface area contributed by atoms with Gasteiger partial charge in [-0.05, 0) is 81.2 Å². The maximum atomic E-state index is 3.58. The van der Waals surface area contributed by atoms with Crippen molar-refractivity contribution >= 4 is 0 Å². The van der Waals surface area contributed by atoms with E-state index in [4.69, 9.17) is 0 Å². The Bertz CT molecular complexity index is 335. The van der Waals surface area contributed by atoms with Crippen LogP contribution in [0.5, 0.6) is 0 Å². The van der Waals surface area contributed by atoms with Gasteiger partial charge in [-0.1, -0.05) is 48.0 Å². The highest BCUT2D eigenvalue weighted by Crippen LogP contribution is 2.53. The van der Waals surface area contributed by atoms with Crippen LogP contribution >= 0.6 is 0 Å². The van der Waals surface area contributed by atoms with Crippen LogP contribution in [0, 0.1) is 22.7 Å². The highest BCUT2D eigenvalue weighted by Gasteiger charge is 2.44. The van der Waals surface area contributed by atoms with Crippen LogP contribution in [0.3, 0.4) is 0 Å². The molecular formula is C22H46N2. The molecule has 3 fully saturated rings. The third-order valence-corrected chi connectivity index (χ3v) is 6.73. The van der Waals surface area contributed by atoms with Gasteiger partial charge >= 0.3 is 0 Å². The van der Waals surface area contributed by atoms with Crippen LogP contribution in [0.2, 0.25) is 0 Å². The van der Waals surface area contributed by atoms with Crippen molar-refractivity contribution in [1.29, 1.82) is 0 Å². The second-order valence-corrected chi connectivity index (χ2v) is 8.76. The normalized spacial score (nSPS) is 33.5. The van der Waals surface area contributed by atoms with Crippen molar-refractivity contribution in [2.24, 2.45) is 22.7 Å². The van der Waals surface area contributed by atoms with Gasteiger partial charge in [-0.2, -0.15) is 0 Å². The molecule has 24 heavy (non-hydrogen) atoms. The van der Waals surface area contributed by atoms with E-state index < -0.39 is 0 Å². The van der Waals surface area contributed by atoms with Crippen LogP contribution in [-0.4, -0.2) is 25.7 Å². The summed E-state index contributed by atoms with van der Waals surface area (Å²) in [6.07, 6.45) is 9.98. The SMILES string of the molecule is CC.CC1CC2(CCN1)CC2.CCCC1(CC)CNCC1C(C)C. The summed E-state index contributed by atoms with van der Waals surface area (Å²) < 4.78 is 0. The first-order valence-corrected chi connectivity index (χ1v) is 10.9. The molecule has 0 bridgehead atoms. The summed E-state index contributed by atoms with van der Waals surface area (Å²) >= 11 is 0. The summed E-state index contributed by atoms with van der Waals surface area (Å²) in [4.78, 5) is 0. The number of hydrogen-bond acceptors (Lipinski definition) is 2. The van der Waals surface area contributed by atoms with Gasteiger partial charge < -0.3 is 10.6 Å². The second kappa shape index (κ2) is 10.2. The van der Waals surface area contributed by atoms with E-state index in [1.165, 1.54) is 64.6 Å². The van der Waals surface area contributed by atoms with E-state index in [0.29, 0.717) is 5.41 Å². The molecule has 144 valence electrons. The molecule has 2 nitrogen and oxygen atoms in total. The molecule has 3 unspecified atom stereocenters. The van der Waals surface area contributed by atoms with E-state index >= 15 is 0 Å². The summed E-state index contributed by atoms with van der Waals surface area (Å²) in [5.74, 6) is 1.74. The molecule has 1 saturated carbocycles. The molecule has 2 aliphatic heterocycles. The van der Waals surface area contributed by atoms with Gasteiger partial charge in [0.25, 0.3) is 0 Å². The lowest BCUT2D eigenvalue weighted by Gasteiger charge is -2.36. The summed E-state index contributed by atoms with van der Waals surface area (Å²) in [5, 5.41) is 7.06. The first-order valence-electron chi connectivity index (χ1n) is 10.9. The molecule has 3 rings (SSSR count). The lowest BCUT2D eigenvalue weighted by Crippen LogP contribution is -2.36. The van der Waals surface area contributed by atoms with Crippen molar-refractivity contribution < 1.29 is 0 Å². The van der Waals surface area contributed by atoms with Gasteiger partial charge in [-0.15, -0.1) is 0 Å². The molecule has 0 aromatic rings. The van der Waals surface area contributed by atoms with E-state index in [1.807, 2.05) is 13.8 Å². The van der Waals surface area contributed by atoms with Gasteiger partial charge in [0.2, 0.25) is 0 Å². The first-order chi connectivity index (χ1) is 11.5. The highest BCUT2D eigenvalue weighted by molar-refractivity contribution is 4.98. The molecule has 2 saturated heterocycles. The Hall–Kier alpha value is -0.0800. The molecule has 0 amide bonds. The van der Waals surface area contributed by atoms with Crippen molar-refractivity contribution in [1.82, 2.24) is 10.6 Å². The molecule has 0 aromatic carbocycles. The average molecular weight is 339 g/mol. The molecule has 0 aromatic heterocycles. The lowest BCUT2D eigenvalue weighted by atomic mass is 9.68. The summed E-state index contributed by atoms with van der Waals surface area (Å²) in [5.41, 5.74) is 1.45. The van der Waals surface area contributed by atoms with Crippen LogP contribution in [0.15, 0.2) is 0 Å². The van der Waals surface area contributed by atoms with E-state index in [2.05, 4.69) is 45.3 Å². The molecule has 3 atom stereocenters. The zero-order chi connectivity index (χ0) is 18.2. The van der Waals surface area contributed by atoms with Crippen molar-refractivity contribution in [3.8, 4) is 0 Å². The standard InChI is InChI=1S/C12H25N.C8H15N.C2H6/c1-5-7-12(6-2)9-13-8-11(12)10(3)4;1-7-6-8(2-3-8)4-5-9-7;1-2/h10-11,13H,5-9H2,1-4H3;7,9H,2-6H2,1H3;1-2H3. The molecule has 2 N–H and O–H groups in total. The van der Waals surface area contributed by atoms with Crippen molar-refractivity contribution in [2.45, 2.75) is 99.5 Å². The van der Waals surface area contributed by atoms with Crippen molar-refractivity contribution in [3.63, 3.8) is 0 Å². The fourth-order valence-electron chi connectivity index (χ4n) is 5.14. The van der Waals surface area contributed by atoms with Crippen LogP contribution in [0.1, 0.15) is 93.4 Å². The van der Waals surface area contributed by atoms with Gasteiger partial charge in [0, 0.05) is 12.6 Å². The number of piperidine rings is 1. The minimum atomic E-state index is 0.614. The van der Waals surface area contributed by atoms with Gasteiger partial charge in [0.05, 0.1) is 0 Å². The predicted molar refractivity (Wildman–Crippen MR) is 109 cm³/mol. The largest absolute Gasteiger partial charge is 0.316 e. The van der Waals surface area contributed by atoms with Gasteiger partial charge in [-0.3, -0.25) is 0 Å². The van der Waals surface area contributed by atoms with E-state index in [9.17, 15) is 0 Å². The van der Waals surface area contributed by atoms with Crippen molar-refractivity contribution in [3.05, 3.63) is 0 Å². The van der Waals surface area contributed by atoms with Crippen LogP contribution < -0.4 is 10.6 Å². The van der Waals surface area contributed by atoms with Crippen molar-refractivity contribution in [2.75, 3.05) is 19.6 Å². The Balaban J connectivity index is 0.000000227. The van der Waals surface area contributed by atoms with Crippen LogP contribution in [0.25, 0.3) is 0 Å². The van der Waals surface area contributed by atoms with E-state index in [0.717, 1.165) is 23.3 Å². The third kappa shape index (κ3) is 5.73. The fourth-order valence-corrected chi connectivity index (χ4v) is 5.14. The smallest absolute Gasteiger partial charge is 0.00440 e. The topological polar surface area (TPSA) is 24.1 Å². The van der Waals surface area contributed by atoms with Gasteiger partial charge in [0.1, 0.15) is 0 Å². The molecule has 1 aliphatic carbocycles. The summed E-state index contributed by atoms with van der Waals surface area (Å²) in [6, 6.07) is 0.793. The minimum Gasteiger partial charge on any atom is -0.316 e. The quantitative estimate of drug-likeness (QED) is 0.695. The molecule has 3 aliphatic rings. The summed E-state index contributed by atoms with van der Waals surface area (Å²) in [7, 11) is 0. The van der Waals surface area contributed by atoms with E-state index in [1.54, 1.807) is 0 Å². The lowest BCUT2D eigenvalue weighted by molar-refractivity contribution is 0.151. The Morgan fingerprint density at radius 2 is 1.75 bits per heavy atom. The molecule has 2 heteroatoms. The second-order valence-electron chi connectivity index (χ2n) is 8.76. The Morgan fingerprint density at radius 3 is 2.17 bits per heavy atom. The number of nitrogens with one attached hydrogen (secondary N) is 2. The summed E-state index contributed by atoms with van der Waals surface area (Å²) in [6.45, 7) is 19.5. The molecule has 2 heterocycles. The molecular weight excluding hydrogens is 292 g/mol. The van der Waals surface area contributed by atoms with Crippen LogP contribution in [-0.2, 0) is 0 Å². The monoisotopic (exact) mass is 338 g/mol. The third-order valence-electron chi connectivity index (χ3n) is 6.73.